The summed E-state index contributed by atoms with van der Waals surface area (Å²) in [5, 5.41) is 0. The molecule has 0 fully saturated rings. The smallest absolute Gasteiger partial charge is 0.123 e. The van der Waals surface area contributed by atoms with E-state index in [1.165, 1.54) is 6.07 Å². The summed E-state index contributed by atoms with van der Waals surface area (Å²) in [6.07, 6.45) is 0.907. The third-order valence-electron chi connectivity index (χ3n) is 3.17. The third-order valence-corrected chi connectivity index (χ3v) is 3.17. The second-order valence-corrected chi connectivity index (χ2v) is 4.26. The van der Waals surface area contributed by atoms with Crippen LogP contribution in [0, 0.1) is 5.82 Å². The molecule has 0 saturated carbocycles. The van der Waals surface area contributed by atoms with Crippen LogP contribution in [0.25, 0.3) is 0 Å². The van der Waals surface area contributed by atoms with Crippen LogP contribution in [0.4, 0.5) is 4.39 Å². The number of hydrogen-bond acceptors (Lipinski definition) is 1. The molecular weight excluding hydrogens is 227 g/mol. The van der Waals surface area contributed by atoms with Gasteiger partial charge in [-0.15, -0.1) is 0 Å². The molecule has 0 aliphatic carbocycles. The Hall–Kier alpha value is -1.83. The van der Waals surface area contributed by atoms with Crippen LogP contribution in [-0.2, 0) is 0 Å². The molecule has 94 valence electrons. The van der Waals surface area contributed by atoms with Crippen molar-refractivity contribution in [1.29, 1.82) is 0 Å². The minimum Gasteiger partial charge on any atom is -0.496 e. The fourth-order valence-corrected chi connectivity index (χ4v) is 2.31. The molecule has 0 radical (unpaired) electrons. The van der Waals surface area contributed by atoms with Crippen molar-refractivity contribution in [3.63, 3.8) is 0 Å². The number of benzene rings is 2. The molecule has 2 aromatic carbocycles. The molecule has 0 N–H and O–H groups in total. The molecule has 2 rings (SSSR count). The van der Waals surface area contributed by atoms with Gasteiger partial charge in [-0.2, -0.15) is 0 Å². The van der Waals surface area contributed by atoms with Crippen molar-refractivity contribution in [3.8, 4) is 5.75 Å². The molecule has 0 heterocycles. The van der Waals surface area contributed by atoms with Crippen molar-refractivity contribution in [2.45, 2.75) is 19.3 Å². The zero-order valence-electron chi connectivity index (χ0n) is 10.7. The van der Waals surface area contributed by atoms with Gasteiger partial charge in [0, 0.05) is 11.5 Å². The van der Waals surface area contributed by atoms with Crippen LogP contribution in [0.2, 0.25) is 0 Å². The van der Waals surface area contributed by atoms with Gasteiger partial charge < -0.3 is 4.74 Å². The van der Waals surface area contributed by atoms with E-state index in [2.05, 4.69) is 6.92 Å². The van der Waals surface area contributed by atoms with Gasteiger partial charge in [-0.1, -0.05) is 37.3 Å². The highest BCUT2D eigenvalue weighted by Gasteiger charge is 2.16. The van der Waals surface area contributed by atoms with Crippen LogP contribution >= 0.6 is 0 Å². The van der Waals surface area contributed by atoms with Crippen molar-refractivity contribution < 1.29 is 9.13 Å². The number of methoxy groups -OCH3 is 1. The Morgan fingerprint density at radius 1 is 1.11 bits per heavy atom. The second-order valence-electron chi connectivity index (χ2n) is 4.26. The highest BCUT2D eigenvalue weighted by atomic mass is 19.1. The van der Waals surface area contributed by atoms with Gasteiger partial charge in [0.1, 0.15) is 11.6 Å². The lowest BCUT2D eigenvalue weighted by atomic mass is 9.88. The summed E-state index contributed by atoms with van der Waals surface area (Å²) in [4.78, 5) is 0. The van der Waals surface area contributed by atoms with Crippen LogP contribution in [-0.4, -0.2) is 7.11 Å². The lowest BCUT2D eigenvalue weighted by molar-refractivity contribution is 0.407. The van der Waals surface area contributed by atoms with Crippen molar-refractivity contribution in [2.24, 2.45) is 0 Å². The lowest BCUT2D eigenvalue weighted by Gasteiger charge is -2.18. The first-order valence-electron chi connectivity index (χ1n) is 6.14. The standard InChI is InChI=1S/C16H17FO/c1-3-14(12-7-6-8-13(17)11-12)15-9-4-5-10-16(15)18-2/h4-11,14H,3H2,1-2H3. The molecule has 1 nitrogen and oxygen atoms in total. The summed E-state index contributed by atoms with van der Waals surface area (Å²) in [6.45, 7) is 2.10. The van der Waals surface area contributed by atoms with E-state index < -0.39 is 0 Å². The summed E-state index contributed by atoms with van der Waals surface area (Å²) in [5.74, 6) is 0.825. The van der Waals surface area contributed by atoms with Gasteiger partial charge in [0.25, 0.3) is 0 Å². The number of hydrogen-bond donors (Lipinski definition) is 0. The molecule has 0 bridgehead atoms. The van der Waals surface area contributed by atoms with Crippen molar-refractivity contribution >= 4 is 0 Å². The zero-order valence-corrected chi connectivity index (χ0v) is 10.7. The molecule has 0 saturated heterocycles. The average Bonchev–Trinajstić information content (AvgIpc) is 2.40. The molecule has 2 aromatic rings. The van der Waals surface area contributed by atoms with Gasteiger partial charge in [-0.3, -0.25) is 0 Å². The normalized spacial score (nSPS) is 12.2. The van der Waals surface area contributed by atoms with Crippen LogP contribution in [0.15, 0.2) is 48.5 Å². The summed E-state index contributed by atoms with van der Waals surface area (Å²) >= 11 is 0. The maximum Gasteiger partial charge on any atom is 0.123 e. The first kappa shape index (κ1) is 12.6. The van der Waals surface area contributed by atoms with Crippen LogP contribution in [0.1, 0.15) is 30.4 Å². The Kier molecular flexibility index (Phi) is 3.98. The fraction of sp³-hybridized carbons (Fsp3) is 0.250. The molecule has 18 heavy (non-hydrogen) atoms. The Morgan fingerprint density at radius 3 is 2.56 bits per heavy atom. The minimum atomic E-state index is -0.194. The van der Waals surface area contributed by atoms with E-state index in [9.17, 15) is 4.39 Å². The molecule has 0 spiro atoms. The Bertz CT molecular complexity index is 522. The Labute approximate surface area is 107 Å². The zero-order chi connectivity index (χ0) is 13.0. The quantitative estimate of drug-likeness (QED) is 0.775. The molecule has 0 aliphatic rings. The van der Waals surface area contributed by atoms with E-state index in [0.717, 1.165) is 23.3 Å². The van der Waals surface area contributed by atoms with E-state index in [0.29, 0.717) is 0 Å². The first-order valence-corrected chi connectivity index (χ1v) is 6.14. The molecule has 1 atom stereocenters. The van der Waals surface area contributed by atoms with Gasteiger partial charge in [-0.25, -0.2) is 4.39 Å². The predicted octanol–water partition coefficient (Wildman–Crippen LogP) is 4.38. The highest BCUT2D eigenvalue weighted by molar-refractivity contribution is 5.42. The summed E-state index contributed by atoms with van der Waals surface area (Å²) in [5.41, 5.74) is 2.09. The molecule has 0 aromatic heterocycles. The molecule has 2 heteroatoms. The Morgan fingerprint density at radius 2 is 1.89 bits per heavy atom. The minimum absolute atomic E-state index is 0.164. The van der Waals surface area contributed by atoms with Gasteiger partial charge in [0.05, 0.1) is 7.11 Å². The van der Waals surface area contributed by atoms with Gasteiger partial charge in [0.2, 0.25) is 0 Å². The summed E-state index contributed by atoms with van der Waals surface area (Å²) in [7, 11) is 1.66. The maximum atomic E-state index is 13.3. The van der Waals surface area contributed by atoms with E-state index >= 15 is 0 Å². The highest BCUT2D eigenvalue weighted by Crippen LogP contribution is 2.34. The number of halogens is 1. The van der Waals surface area contributed by atoms with E-state index in [4.69, 9.17) is 4.74 Å². The van der Waals surface area contributed by atoms with Crippen LogP contribution in [0.3, 0.4) is 0 Å². The predicted molar refractivity (Wildman–Crippen MR) is 71.5 cm³/mol. The molecule has 0 aliphatic heterocycles. The van der Waals surface area contributed by atoms with Gasteiger partial charge in [0.15, 0.2) is 0 Å². The molecule has 1 unspecified atom stereocenters. The maximum absolute atomic E-state index is 13.3. The summed E-state index contributed by atoms with van der Waals surface area (Å²) < 4.78 is 18.7. The van der Waals surface area contributed by atoms with Crippen LogP contribution < -0.4 is 4.74 Å². The second kappa shape index (κ2) is 5.67. The SMILES string of the molecule is CCC(c1cccc(F)c1)c1ccccc1OC. The third kappa shape index (κ3) is 2.53. The topological polar surface area (TPSA) is 9.23 Å². The first-order chi connectivity index (χ1) is 8.76. The van der Waals surface area contributed by atoms with Crippen molar-refractivity contribution in [3.05, 3.63) is 65.5 Å². The fourth-order valence-electron chi connectivity index (χ4n) is 2.31. The van der Waals surface area contributed by atoms with Crippen LogP contribution in [0.5, 0.6) is 5.75 Å². The largest absolute Gasteiger partial charge is 0.496 e. The van der Waals surface area contributed by atoms with E-state index in [-0.39, 0.29) is 11.7 Å². The monoisotopic (exact) mass is 244 g/mol. The van der Waals surface area contributed by atoms with E-state index in [1.54, 1.807) is 19.2 Å². The van der Waals surface area contributed by atoms with E-state index in [1.807, 2.05) is 30.3 Å². The molecular formula is C16H17FO. The molecule has 0 amide bonds. The number of ether oxygens (including phenoxy) is 1. The summed E-state index contributed by atoms with van der Waals surface area (Å²) in [6, 6.07) is 14.7. The van der Waals surface area contributed by atoms with Crippen molar-refractivity contribution in [1.82, 2.24) is 0 Å². The Balaban J connectivity index is 2.45. The number of rotatable bonds is 4. The van der Waals surface area contributed by atoms with Crippen molar-refractivity contribution in [2.75, 3.05) is 7.11 Å². The average molecular weight is 244 g/mol. The van der Waals surface area contributed by atoms with Gasteiger partial charge >= 0.3 is 0 Å². The van der Waals surface area contributed by atoms with Gasteiger partial charge in [-0.05, 0) is 30.2 Å². The lowest BCUT2D eigenvalue weighted by Crippen LogP contribution is -2.02. The number of para-hydroxylation sites is 1.